The molecule has 5 heteroatoms. The summed E-state index contributed by atoms with van der Waals surface area (Å²) >= 11 is 0. The maximum absolute atomic E-state index is 5.59. The van der Waals surface area contributed by atoms with Crippen molar-refractivity contribution < 1.29 is 0 Å². The van der Waals surface area contributed by atoms with Gasteiger partial charge in [-0.3, -0.25) is 0 Å². The van der Waals surface area contributed by atoms with Crippen LogP contribution in [0.5, 0.6) is 0 Å². The highest BCUT2D eigenvalue weighted by molar-refractivity contribution is 5.42. The molecule has 0 aliphatic heterocycles. The van der Waals surface area contributed by atoms with E-state index in [1.807, 2.05) is 61.3 Å². The second kappa shape index (κ2) is 8.87. The monoisotopic (exact) mass is 273 g/mol. The van der Waals surface area contributed by atoms with Gasteiger partial charge in [-0.1, -0.05) is 43.3 Å². The summed E-state index contributed by atoms with van der Waals surface area (Å²) in [5.41, 5.74) is 12.0. The van der Waals surface area contributed by atoms with Crippen molar-refractivity contribution in [1.82, 2.24) is 9.97 Å². The molecule has 0 aliphatic rings. The molecule has 0 radical (unpaired) electrons. The van der Waals surface area contributed by atoms with Crippen molar-refractivity contribution in [1.29, 1.82) is 0 Å². The molecule has 20 heavy (non-hydrogen) atoms. The molecule has 1 heterocycles. The van der Waals surface area contributed by atoms with Crippen LogP contribution in [0.4, 0.5) is 11.8 Å². The normalized spacial score (nSPS) is 9.55. The molecule has 0 saturated heterocycles. The zero-order valence-electron chi connectivity index (χ0n) is 12.2. The van der Waals surface area contributed by atoms with Crippen LogP contribution in [0, 0.1) is 0 Å². The maximum atomic E-state index is 5.59. The summed E-state index contributed by atoms with van der Waals surface area (Å²) in [5, 5.41) is 0. The molecule has 0 atom stereocenters. The summed E-state index contributed by atoms with van der Waals surface area (Å²) in [5.74, 6) is 1.16. The van der Waals surface area contributed by atoms with Crippen molar-refractivity contribution in [2.75, 3.05) is 30.8 Å². The van der Waals surface area contributed by atoms with E-state index < -0.39 is 0 Å². The van der Waals surface area contributed by atoms with E-state index in [4.69, 9.17) is 11.5 Å². The Morgan fingerprint density at radius 1 is 1.05 bits per heavy atom. The number of nitrogen functional groups attached to an aromatic ring is 1. The third-order valence-corrected chi connectivity index (χ3v) is 2.67. The fourth-order valence-corrected chi connectivity index (χ4v) is 1.57. The van der Waals surface area contributed by atoms with E-state index in [0.717, 1.165) is 24.5 Å². The van der Waals surface area contributed by atoms with Crippen LogP contribution in [-0.2, 0) is 6.42 Å². The first-order valence-electron chi connectivity index (χ1n) is 6.72. The topological polar surface area (TPSA) is 81.1 Å². The zero-order valence-corrected chi connectivity index (χ0v) is 12.2. The highest BCUT2D eigenvalue weighted by Crippen LogP contribution is 2.12. The van der Waals surface area contributed by atoms with Crippen molar-refractivity contribution in [2.24, 2.45) is 5.73 Å². The van der Waals surface area contributed by atoms with Gasteiger partial charge in [0.2, 0.25) is 5.95 Å². The molecule has 0 saturated carbocycles. The van der Waals surface area contributed by atoms with Crippen molar-refractivity contribution in [3.63, 3.8) is 0 Å². The van der Waals surface area contributed by atoms with Crippen LogP contribution in [0.3, 0.4) is 0 Å². The molecule has 2 rings (SSSR count). The molecule has 2 aromatic rings. The van der Waals surface area contributed by atoms with E-state index in [1.54, 1.807) is 0 Å². The Hall–Kier alpha value is -2.14. The van der Waals surface area contributed by atoms with Crippen molar-refractivity contribution >= 4 is 11.8 Å². The minimum atomic E-state index is 0.322. The first-order valence-corrected chi connectivity index (χ1v) is 6.72. The average molecular weight is 273 g/mol. The molecule has 0 aliphatic carbocycles. The van der Waals surface area contributed by atoms with Gasteiger partial charge in [0.25, 0.3) is 0 Å². The summed E-state index contributed by atoms with van der Waals surface area (Å²) in [6, 6.07) is 13.9. The van der Waals surface area contributed by atoms with Gasteiger partial charge in [0, 0.05) is 31.9 Å². The molecule has 108 valence electrons. The smallest absolute Gasteiger partial charge is 0.222 e. The van der Waals surface area contributed by atoms with Crippen LogP contribution in [0.1, 0.15) is 12.6 Å². The highest BCUT2D eigenvalue weighted by Gasteiger charge is 2.04. The lowest BCUT2D eigenvalue weighted by molar-refractivity contribution is 0.859. The third-order valence-electron chi connectivity index (χ3n) is 2.67. The number of anilines is 2. The predicted molar refractivity (Wildman–Crippen MR) is 84.6 cm³/mol. The van der Waals surface area contributed by atoms with Gasteiger partial charge in [-0.05, 0) is 6.42 Å². The van der Waals surface area contributed by atoms with Crippen LogP contribution in [0.2, 0.25) is 0 Å². The molecule has 1 aromatic heterocycles. The number of nitrogens with two attached hydrogens (primary N) is 2. The first-order chi connectivity index (χ1) is 9.67. The number of hydrogen-bond acceptors (Lipinski definition) is 5. The minimum Gasteiger partial charge on any atom is -0.368 e. The number of likely N-dealkylation sites (N-methyl/N-ethyl adjacent to an activating group) is 1. The summed E-state index contributed by atoms with van der Waals surface area (Å²) in [6.45, 7) is 3.40. The third kappa shape index (κ3) is 5.67. The van der Waals surface area contributed by atoms with E-state index in [-0.39, 0.29) is 0 Å². The Morgan fingerprint density at radius 3 is 2.05 bits per heavy atom. The Kier molecular flexibility index (Phi) is 7.06. The molecule has 0 unspecified atom stereocenters. The fourth-order valence-electron chi connectivity index (χ4n) is 1.57. The molecule has 0 bridgehead atoms. The van der Waals surface area contributed by atoms with Gasteiger partial charge in [-0.15, -0.1) is 0 Å². The summed E-state index contributed by atoms with van der Waals surface area (Å²) < 4.78 is 0. The highest BCUT2D eigenvalue weighted by atomic mass is 15.2. The average Bonchev–Trinajstić information content (AvgIpc) is 2.49. The standard InChI is InChI=1S/C9H17N5.C6H6/c1-3-7-6-8(13-9(11)12-7)14(2)5-4-10;1-2-4-6-5-3-1/h6H,3-5,10H2,1-2H3,(H2,11,12,13);1-6H. The van der Waals surface area contributed by atoms with E-state index in [0.29, 0.717) is 12.5 Å². The Morgan fingerprint density at radius 2 is 1.60 bits per heavy atom. The predicted octanol–water partition coefficient (Wildman–Crippen LogP) is 1.70. The quantitative estimate of drug-likeness (QED) is 0.886. The molecule has 0 spiro atoms. The van der Waals surface area contributed by atoms with E-state index in [1.165, 1.54) is 0 Å². The largest absolute Gasteiger partial charge is 0.368 e. The maximum Gasteiger partial charge on any atom is 0.222 e. The van der Waals surface area contributed by atoms with Crippen LogP contribution < -0.4 is 16.4 Å². The van der Waals surface area contributed by atoms with Gasteiger partial charge in [0.05, 0.1) is 0 Å². The molecule has 4 N–H and O–H groups in total. The molecule has 1 aromatic carbocycles. The number of aromatic nitrogens is 2. The van der Waals surface area contributed by atoms with Gasteiger partial charge >= 0.3 is 0 Å². The van der Waals surface area contributed by atoms with Crippen LogP contribution in [-0.4, -0.2) is 30.1 Å². The second-order valence-corrected chi connectivity index (χ2v) is 4.29. The van der Waals surface area contributed by atoms with E-state index >= 15 is 0 Å². The van der Waals surface area contributed by atoms with Crippen LogP contribution in [0.15, 0.2) is 42.5 Å². The van der Waals surface area contributed by atoms with Crippen molar-refractivity contribution in [2.45, 2.75) is 13.3 Å². The lowest BCUT2D eigenvalue weighted by atomic mass is 10.3. The molecule has 0 amide bonds. The van der Waals surface area contributed by atoms with Crippen molar-refractivity contribution in [3.05, 3.63) is 48.2 Å². The van der Waals surface area contributed by atoms with Gasteiger partial charge < -0.3 is 16.4 Å². The van der Waals surface area contributed by atoms with Gasteiger partial charge in [-0.25, -0.2) is 4.98 Å². The summed E-state index contributed by atoms with van der Waals surface area (Å²) in [6.07, 6.45) is 0.857. The fraction of sp³-hybridized carbons (Fsp3) is 0.333. The minimum absolute atomic E-state index is 0.322. The molecular formula is C15H23N5. The number of aryl methyl sites for hydroxylation is 1. The molecular weight excluding hydrogens is 250 g/mol. The van der Waals surface area contributed by atoms with Crippen molar-refractivity contribution in [3.8, 4) is 0 Å². The number of hydrogen-bond donors (Lipinski definition) is 2. The Balaban J connectivity index is 0.000000276. The Labute approximate surface area is 120 Å². The number of benzene rings is 1. The van der Waals surface area contributed by atoms with Gasteiger partial charge in [0.15, 0.2) is 0 Å². The lowest BCUT2D eigenvalue weighted by Crippen LogP contribution is -2.26. The molecule has 5 nitrogen and oxygen atoms in total. The summed E-state index contributed by atoms with van der Waals surface area (Å²) in [7, 11) is 1.94. The van der Waals surface area contributed by atoms with Gasteiger partial charge in [0.1, 0.15) is 5.82 Å². The van der Waals surface area contributed by atoms with Gasteiger partial charge in [-0.2, -0.15) is 4.98 Å². The van der Waals surface area contributed by atoms with Crippen LogP contribution in [0.25, 0.3) is 0 Å². The van der Waals surface area contributed by atoms with E-state index in [9.17, 15) is 0 Å². The lowest BCUT2D eigenvalue weighted by Gasteiger charge is -2.17. The number of rotatable bonds is 4. The van der Waals surface area contributed by atoms with Crippen LogP contribution >= 0.6 is 0 Å². The summed E-state index contributed by atoms with van der Waals surface area (Å²) in [4.78, 5) is 10.2. The Bertz CT molecular complexity index is 460. The van der Waals surface area contributed by atoms with E-state index in [2.05, 4.69) is 9.97 Å². The molecule has 0 fully saturated rings. The number of nitrogens with zero attached hydrogens (tertiary/aromatic N) is 3. The SMILES string of the molecule is CCc1cc(N(C)CCN)nc(N)n1.c1ccccc1. The zero-order chi connectivity index (χ0) is 14.8. The second-order valence-electron chi connectivity index (χ2n) is 4.29. The first kappa shape index (κ1) is 15.9.